The number of rotatable bonds is 7. The zero-order valence-electron chi connectivity index (χ0n) is 17.1. The third-order valence-corrected chi connectivity index (χ3v) is 6.40. The molecule has 1 heterocycles. The molecule has 2 atom stereocenters. The normalized spacial score (nSPS) is 16.5. The third-order valence-electron chi connectivity index (χ3n) is 5.33. The van der Waals surface area contributed by atoms with Crippen LogP contribution >= 0.6 is 11.8 Å². The Labute approximate surface area is 180 Å². The highest BCUT2D eigenvalue weighted by molar-refractivity contribution is 8.00. The molecule has 0 radical (unpaired) electrons. The Hall–Kier alpha value is -2.87. The summed E-state index contributed by atoms with van der Waals surface area (Å²) in [6, 6.07) is 16.2. The van der Waals surface area contributed by atoms with Gasteiger partial charge in [-0.05, 0) is 65.4 Å². The molecule has 0 aliphatic heterocycles. The Morgan fingerprint density at radius 3 is 2.87 bits per heavy atom. The van der Waals surface area contributed by atoms with Crippen LogP contribution < -0.4 is 10.1 Å². The Morgan fingerprint density at radius 1 is 1.27 bits per heavy atom. The Kier molecular flexibility index (Phi) is 6.32. The lowest BCUT2D eigenvalue weighted by Gasteiger charge is -2.27. The van der Waals surface area contributed by atoms with Crippen LogP contribution in [0.3, 0.4) is 0 Å². The van der Waals surface area contributed by atoms with Crippen LogP contribution in [0, 0.1) is 0 Å². The lowest BCUT2D eigenvalue weighted by Crippen LogP contribution is -2.36. The van der Waals surface area contributed by atoms with Crippen LogP contribution in [0.4, 0.5) is 0 Å². The summed E-state index contributed by atoms with van der Waals surface area (Å²) in [4.78, 5) is 12.9. The standard InChI is InChI=1S/C22H25N5O2S/c1-15(21(28)23-20-9-5-7-17-6-3-4-8-19(17)20)30-22-24-25-26-27(22)14-16-10-12-18(29-2)13-11-16/h3-4,6,8,10-13,15,20H,5,7,9,14H2,1-2H3,(H,23,28)/t15-,20+/m0/s1. The number of carbonyl (C=O) groups is 1. The van der Waals surface area contributed by atoms with E-state index in [9.17, 15) is 4.79 Å². The number of aromatic nitrogens is 4. The molecule has 0 fully saturated rings. The van der Waals surface area contributed by atoms with Crippen molar-refractivity contribution in [2.75, 3.05) is 7.11 Å². The minimum Gasteiger partial charge on any atom is -0.497 e. The minimum absolute atomic E-state index is 0.000649. The number of methoxy groups -OCH3 is 1. The summed E-state index contributed by atoms with van der Waals surface area (Å²) >= 11 is 1.37. The number of amides is 1. The van der Waals surface area contributed by atoms with Gasteiger partial charge >= 0.3 is 0 Å². The predicted octanol–water partition coefficient (Wildman–Crippen LogP) is 3.40. The van der Waals surface area contributed by atoms with Gasteiger partial charge < -0.3 is 10.1 Å². The molecule has 1 aliphatic rings. The lowest BCUT2D eigenvalue weighted by molar-refractivity contribution is -0.121. The average Bonchev–Trinajstić information content (AvgIpc) is 3.21. The molecule has 30 heavy (non-hydrogen) atoms. The van der Waals surface area contributed by atoms with Crippen LogP contribution in [0.1, 0.15) is 42.5 Å². The zero-order chi connectivity index (χ0) is 20.9. The molecule has 7 nitrogen and oxygen atoms in total. The summed E-state index contributed by atoms with van der Waals surface area (Å²) in [5.74, 6) is 0.806. The number of nitrogens with one attached hydrogen (secondary N) is 1. The highest BCUT2D eigenvalue weighted by Crippen LogP contribution is 2.30. The van der Waals surface area contributed by atoms with E-state index in [0.717, 1.165) is 30.6 Å². The summed E-state index contributed by atoms with van der Waals surface area (Å²) in [5.41, 5.74) is 3.62. The average molecular weight is 424 g/mol. The van der Waals surface area contributed by atoms with Gasteiger partial charge in [-0.25, -0.2) is 4.68 Å². The second-order valence-electron chi connectivity index (χ2n) is 7.38. The van der Waals surface area contributed by atoms with E-state index in [1.807, 2.05) is 37.3 Å². The van der Waals surface area contributed by atoms with Crippen LogP contribution in [0.2, 0.25) is 0 Å². The van der Waals surface area contributed by atoms with Crippen LogP contribution in [-0.2, 0) is 17.8 Å². The minimum atomic E-state index is -0.306. The molecular formula is C22H25N5O2S. The number of nitrogens with zero attached hydrogens (tertiary/aromatic N) is 4. The van der Waals surface area contributed by atoms with Gasteiger partial charge in [0, 0.05) is 0 Å². The van der Waals surface area contributed by atoms with Gasteiger partial charge in [-0.2, -0.15) is 0 Å². The van der Waals surface area contributed by atoms with E-state index in [4.69, 9.17) is 4.74 Å². The molecule has 2 aromatic carbocycles. The topological polar surface area (TPSA) is 81.9 Å². The fourth-order valence-corrected chi connectivity index (χ4v) is 4.49. The maximum atomic E-state index is 12.9. The van der Waals surface area contributed by atoms with Gasteiger partial charge in [0.25, 0.3) is 0 Å². The highest BCUT2D eigenvalue weighted by Gasteiger charge is 2.25. The SMILES string of the molecule is COc1ccc(Cn2nnnc2S[C@@H](C)C(=O)N[C@@H]2CCCc3ccccc32)cc1. The van der Waals surface area contributed by atoms with Crippen molar-refractivity contribution in [2.24, 2.45) is 0 Å². The zero-order valence-corrected chi connectivity index (χ0v) is 17.9. The fourth-order valence-electron chi connectivity index (χ4n) is 3.69. The number of aryl methyl sites for hydroxylation is 1. The van der Waals surface area contributed by atoms with Crippen molar-refractivity contribution in [3.63, 3.8) is 0 Å². The van der Waals surface area contributed by atoms with Gasteiger partial charge in [-0.1, -0.05) is 48.2 Å². The Morgan fingerprint density at radius 2 is 2.07 bits per heavy atom. The molecule has 156 valence electrons. The van der Waals surface area contributed by atoms with E-state index in [2.05, 4.69) is 39.0 Å². The van der Waals surface area contributed by atoms with Gasteiger partial charge in [-0.15, -0.1) is 5.10 Å². The number of carbonyl (C=O) groups excluding carboxylic acids is 1. The van der Waals surface area contributed by atoms with E-state index in [-0.39, 0.29) is 17.2 Å². The van der Waals surface area contributed by atoms with Crippen molar-refractivity contribution in [2.45, 2.75) is 49.2 Å². The molecule has 1 aromatic heterocycles. The first-order valence-electron chi connectivity index (χ1n) is 10.1. The van der Waals surface area contributed by atoms with Gasteiger partial charge in [0.2, 0.25) is 11.1 Å². The molecule has 1 aliphatic carbocycles. The summed E-state index contributed by atoms with van der Waals surface area (Å²) < 4.78 is 6.91. The van der Waals surface area contributed by atoms with Crippen molar-refractivity contribution >= 4 is 17.7 Å². The van der Waals surface area contributed by atoms with E-state index >= 15 is 0 Å². The molecule has 0 bridgehead atoms. The maximum Gasteiger partial charge on any atom is 0.233 e. The largest absolute Gasteiger partial charge is 0.497 e. The molecule has 1 amide bonds. The highest BCUT2D eigenvalue weighted by atomic mass is 32.2. The van der Waals surface area contributed by atoms with Crippen molar-refractivity contribution in [3.05, 3.63) is 65.2 Å². The molecule has 0 unspecified atom stereocenters. The second kappa shape index (κ2) is 9.30. The van der Waals surface area contributed by atoms with Crippen LogP contribution in [0.25, 0.3) is 0 Å². The first-order valence-corrected chi connectivity index (χ1v) is 11.0. The number of ether oxygens (including phenoxy) is 1. The molecule has 4 rings (SSSR count). The Bertz CT molecular complexity index is 1000. The molecule has 1 N–H and O–H groups in total. The third kappa shape index (κ3) is 4.64. The van der Waals surface area contributed by atoms with Gasteiger partial charge in [0.15, 0.2) is 0 Å². The molecular weight excluding hydrogens is 398 g/mol. The summed E-state index contributed by atoms with van der Waals surface area (Å²) in [6.45, 7) is 2.42. The number of thioether (sulfide) groups is 1. The van der Waals surface area contributed by atoms with Crippen molar-refractivity contribution in [1.82, 2.24) is 25.5 Å². The van der Waals surface area contributed by atoms with E-state index in [1.165, 1.54) is 22.9 Å². The maximum absolute atomic E-state index is 12.9. The molecule has 3 aromatic rings. The van der Waals surface area contributed by atoms with Crippen LogP contribution in [-0.4, -0.2) is 38.5 Å². The van der Waals surface area contributed by atoms with Crippen molar-refractivity contribution in [1.29, 1.82) is 0 Å². The first kappa shape index (κ1) is 20.4. The fraction of sp³-hybridized carbons (Fsp3) is 0.364. The summed E-state index contributed by atoms with van der Waals surface area (Å²) in [7, 11) is 1.64. The number of tetrazole rings is 1. The smallest absolute Gasteiger partial charge is 0.233 e. The van der Waals surface area contributed by atoms with Crippen molar-refractivity contribution < 1.29 is 9.53 Å². The van der Waals surface area contributed by atoms with Gasteiger partial charge in [-0.3, -0.25) is 4.79 Å². The summed E-state index contributed by atoms with van der Waals surface area (Å²) in [5, 5.41) is 15.5. The second-order valence-corrected chi connectivity index (χ2v) is 8.69. The molecule has 0 saturated carbocycles. The van der Waals surface area contributed by atoms with E-state index < -0.39 is 0 Å². The monoisotopic (exact) mass is 423 g/mol. The lowest BCUT2D eigenvalue weighted by atomic mass is 9.88. The quantitative estimate of drug-likeness (QED) is 0.587. The number of hydrogen-bond donors (Lipinski definition) is 1. The first-order chi connectivity index (χ1) is 14.6. The van der Waals surface area contributed by atoms with Crippen molar-refractivity contribution in [3.8, 4) is 5.75 Å². The predicted molar refractivity (Wildman–Crippen MR) is 115 cm³/mol. The molecule has 0 spiro atoms. The summed E-state index contributed by atoms with van der Waals surface area (Å²) in [6.07, 6.45) is 3.13. The molecule has 0 saturated heterocycles. The van der Waals surface area contributed by atoms with Gasteiger partial charge in [0.1, 0.15) is 5.75 Å². The van der Waals surface area contributed by atoms with E-state index in [1.54, 1.807) is 11.8 Å². The molecule has 8 heteroatoms. The Balaban J connectivity index is 1.39. The van der Waals surface area contributed by atoms with Gasteiger partial charge in [0.05, 0.1) is 24.9 Å². The number of fused-ring (bicyclic) bond motifs is 1. The van der Waals surface area contributed by atoms with Crippen LogP contribution in [0.5, 0.6) is 5.75 Å². The van der Waals surface area contributed by atoms with Crippen LogP contribution in [0.15, 0.2) is 53.7 Å². The number of hydrogen-bond acceptors (Lipinski definition) is 6. The van der Waals surface area contributed by atoms with E-state index in [0.29, 0.717) is 11.7 Å². The number of benzene rings is 2.